The lowest BCUT2D eigenvalue weighted by Crippen LogP contribution is -2.48. The van der Waals surface area contributed by atoms with E-state index >= 15 is 0 Å². The minimum absolute atomic E-state index is 0.00620. The molecule has 0 N–H and O–H groups in total. The third-order valence-corrected chi connectivity index (χ3v) is 6.33. The van der Waals surface area contributed by atoms with Gasteiger partial charge in [0.05, 0.1) is 30.3 Å². The molecule has 0 aliphatic carbocycles. The number of carbonyl (C=O) groups is 1. The highest BCUT2D eigenvalue weighted by atomic mass is 32.2. The SMILES string of the molecule is COCCN(/C=C(/C#N)C(=O)N1CC(C)OC(C)C1)C1CCS(=O)(=O)C1. The maximum absolute atomic E-state index is 12.8. The number of nitriles is 1. The molecule has 0 radical (unpaired) electrons. The summed E-state index contributed by atoms with van der Waals surface area (Å²) in [5.41, 5.74) is 0.00620. The molecule has 0 saturated carbocycles. The topological polar surface area (TPSA) is 99.9 Å². The van der Waals surface area contributed by atoms with E-state index in [1.165, 1.54) is 6.20 Å². The Morgan fingerprint density at radius 2 is 2.04 bits per heavy atom. The first-order valence-electron chi connectivity index (χ1n) is 8.77. The summed E-state index contributed by atoms with van der Waals surface area (Å²) in [5, 5.41) is 9.51. The number of hydrogen-bond acceptors (Lipinski definition) is 7. The number of sulfone groups is 1. The van der Waals surface area contributed by atoms with Crippen molar-refractivity contribution in [2.75, 3.05) is 44.9 Å². The molecule has 8 nitrogen and oxygen atoms in total. The highest BCUT2D eigenvalue weighted by Crippen LogP contribution is 2.20. The van der Waals surface area contributed by atoms with Crippen LogP contribution in [0.25, 0.3) is 0 Å². The fourth-order valence-corrected chi connectivity index (χ4v) is 5.14. The Kier molecular flexibility index (Phi) is 7.03. The highest BCUT2D eigenvalue weighted by molar-refractivity contribution is 7.91. The molecule has 2 fully saturated rings. The number of ether oxygens (including phenoxy) is 2. The summed E-state index contributed by atoms with van der Waals surface area (Å²) < 4.78 is 34.3. The van der Waals surface area contributed by atoms with Crippen molar-refractivity contribution in [3.8, 4) is 6.07 Å². The Balaban J connectivity index is 2.18. The molecule has 2 aliphatic rings. The van der Waals surface area contributed by atoms with Crippen LogP contribution in [0, 0.1) is 11.3 Å². The highest BCUT2D eigenvalue weighted by Gasteiger charge is 2.33. The zero-order chi connectivity index (χ0) is 19.3. The van der Waals surface area contributed by atoms with Crippen LogP contribution in [-0.2, 0) is 24.1 Å². The van der Waals surface area contributed by atoms with Crippen LogP contribution in [0.5, 0.6) is 0 Å². The molecule has 0 aromatic rings. The van der Waals surface area contributed by atoms with Crippen LogP contribution in [0.15, 0.2) is 11.8 Å². The Morgan fingerprint density at radius 3 is 2.54 bits per heavy atom. The first-order chi connectivity index (χ1) is 12.3. The van der Waals surface area contributed by atoms with Crippen molar-refractivity contribution in [1.29, 1.82) is 5.26 Å². The van der Waals surface area contributed by atoms with Crippen LogP contribution in [0.3, 0.4) is 0 Å². The molecular weight excluding hydrogens is 358 g/mol. The molecule has 26 heavy (non-hydrogen) atoms. The second kappa shape index (κ2) is 8.84. The lowest BCUT2D eigenvalue weighted by Gasteiger charge is -2.35. The number of nitrogens with zero attached hydrogens (tertiary/aromatic N) is 3. The molecule has 0 aromatic heterocycles. The zero-order valence-electron chi connectivity index (χ0n) is 15.6. The monoisotopic (exact) mass is 385 g/mol. The van der Waals surface area contributed by atoms with Crippen molar-refractivity contribution in [2.24, 2.45) is 0 Å². The van der Waals surface area contributed by atoms with Gasteiger partial charge < -0.3 is 19.3 Å². The van der Waals surface area contributed by atoms with Gasteiger partial charge in [-0.1, -0.05) is 0 Å². The number of hydrogen-bond donors (Lipinski definition) is 0. The second-order valence-electron chi connectivity index (χ2n) is 6.91. The molecule has 2 aliphatic heterocycles. The van der Waals surface area contributed by atoms with Crippen molar-refractivity contribution in [1.82, 2.24) is 9.80 Å². The van der Waals surface area contributed by atoms with Gasteiger partial charge >= 0.3 is 0 Å². The number of carbonyl (C=O) groups excluding carboxylic acids is 1. The molecule has 9 heteroatoms. The quantitative estimate of drug-likeness (QED) is 0.474. The predicted octanol–water partition coefficient (Wildman–Crippen LogP) is 0.165. The van der Waals surface area contributed by atoms with Gasteiger partial charge in [-0.2, -0.15) is 5.26 Å². The van der Waals surface area contributed by atoms with Crippen LogP contribution in [-0.4, -0.2) is 87.2 Å². The summed E-state index contributed by atoms with van der Waals surface area (Å²) in [4.78, 5) is 16.2. The van der Waals surface area contributed by atoms with Gasteiger partial charge in [0.1, 0.15) is 11.6 Å². The largest absolute Gasteiger partial charge is 0.383 e. The molecule has 0 aromatic carbocycles. The van der Waals surface area contributed by atoms with Crippen molar-refractivity contribution in [3.63, 3.8) is 0 Å². The minimum atomic E-state index is -3.07. The predicted molar refractivity (Wildman–Crippen MR) is 95.9 cm³/mol. The molecular formula is C17H27N3O5S. The van der Waals surface area contributed by atoms with Crippen LogP contribution in [0.2, 0.25) is 0 Å². The summed E-state index contributed by atoms with van der Waals surface area (Å²) in [6.45, 7) is 5.44. The van der Waals surface area contributed by atoms with Crippen LogP contribution < -0.4 is 0 Å². The molecule has 3 unspecified atom stereocenters. The van der Waals surface area contributed by atoms with Gasteiger partial charge in [0.15, 0.2) is 9.84 Å². The van der Waals surface area contributed by atoms with Crippen LogP contribution in [0.4, 0.5) is 0 Å². The summed E-state index contributed by atoms with van der Waals surface area (Å²) in [6.07, 6.45) is 1.80. The molecule has 2 saturated heterocycles. The third-order valence-electron chi connectivity index (χ3n) is 4.58. The van der Waals surface area contributed by atoms with Gasteiger partial charge in [-0.05, 0) is 20.3 Å². The molecule has 2 heterocycles. The maximum Gasteiger partial charge on any atom is 0.266 e. The zero-order valence-corrected chi connectivity index (χ0v) is 16.4. The van der Waals surface area contributed by atoms with Crippen LogP contribution >= 0.6 is 0 Å². The third kappa shape index (κ3) is 5.43. The van der Waals surface area contributed by atoms with Crippen molar-refractivity contribution < 1.29 is 22.7 Å². The van der Waals surface area contributed by atoms with E-state index in [1.54, 1.807) is 16.9 Å². The van der Waals surface area contributed by atoms with Crippen molar-refractivity contribution in [3.05, 3.63) is 11.8 Å². The normalized spacial score (nSPS) is 28.6. The lowest BCUT2D eigenvalue weighted by molar-refractivity contribution is -0.138. The molecule has 1 amide bonds. The van der Waals surface area contributed by atoms with E-state index in [2.05, 4.69) is 0 Å². The first-order valence-corrected chi connectivity index (χ1v) is 10.6. The van der Waals surface area contributed by atoms with E-state index in [4.69, 9.17) is 9.47 Å². The standard InChI is InChI=1S/C17H27N3O5S/c1-13-9-20(10-14(2)25-13)17(21)15(8-18)11-19(5-6-24-3)16-4-7-26(22,23)12-16/h11,13-14,16H,4-7,9-10,12H2,1-3H3/b15-11-. The van der Waals surface area contributed by atoms with E-state index in [9.17, 15) is 18.5 Å². The molecule has 2 rings (SSSR count). The molecule has 0 bridgehead atoms. The van der Waals surface area contributed by atoms with Gasteiger partial charge in [-0.3, -0.25) is 4.79 Å². The average molecular weight is 385 g/mol. The lowest BCUT2D eigenvalue weighted by atomic mass is 10.1. The number of rotatable bonds is 6. The fourth-order valence-electron chi connectivity index (χ4n) is 3.40. The minimum Gasteiger partial charge on any atom is -0.383 e. The smallest absolute Gasteiger partial charge is 0.266 e. The summed E-state index contributed by atoms with van der Waals surface area (Å²) in [5.74, 6) is -0.188. The van der Waals surface area contributed by atoms with E-state index < -0.39 is 9.84 Å². The Morgan fingerprint density at radius 1 is 1.38 bits per heavy atom. The van der Waals surface area contributed by atoms with Gasteiger partial charge in [0.25, 0.3) is 5.91 Å². The number of amides is 1. The Hall–Kier alpha value is -1.63. The molecule has 3 atom stereocenters. The van der Waals surface area contributed by atoms with E-state index in [1.807, 2.05) is 19.9 Å². The van der Waals surface area contributed by atoms with Gasteiger partial charge in [0.2, 0.25) is 0 Å². The molecule has 0 spiro atoms. The van der Waals surface area contributed by atoms with Gasteiger partial charge in [0, 0.05) is 39.0 Å². The van der Waals surface area contributed by atoms with E-state index in [-0.39, 0.29) is 41.2 Å². The maximum atomic E-state index is 12.8. The summed E-state index contributed by atoms with van der Waals surface area (Å²) >= 11 is 0. The summed E-state index contributed by atoms with van der Waals surface area (Å²) in [6, 6.07) is 1.74. The second-order valence-corrected chi connectivity index (χ2v) is 9.14. The summed E-state index contributed by atoms with van der Waals surface area (Å²) in [7, 11) is -1.51. The first kappa shape index (κ1) is 20.7. The van der Waals surface area contributed by atoms with E-state index in [0.29, 0.717) is 32.7 Å². The Labute approximate surface area is 155 Å². The average Bonchev–Trinajstić information content (AvgIpc) is 2.93. The number of morpholine rings is 1. The number of methoxy groups -OCH3 is 1. The van der Waals surface area contributed by atoms with Gasteiger partial charge in [-0.25, -0.2) is 8.42 Å². The van der Waals surface area contributed by atoms with E-state index in [0.717, 1.165) is 0 Å². The Bertz CT molecular complexity index is 675. The molecule has 146 valence electrons. The van der Waals surface area contributed by atoms with Crippen molar-refractivity contribution in [2.45, 2.75) is 38.5 Å². The van der Waals surface area contributed by atoms with Crippen LogP contribution in [0.1, 0.15) is 20.3 Å². The fraction of sp³-hybridized carbons (Fsp3) is 0.765. The van der Waals surface area contributed by atoms with Crippen molar-refractivity contribution >= 4 is 15.7 Å². The van der Waals surface area contributed by atoms with Gasteiger partial charge in [-0.15, -0.1) is 0 Å².